The van der Waals surface area contributed by atoms with E-state index in [0.29, 0.717) is 33.9 Å². The number of hydrogen-bond donors (Lipinski definition) is 2. The van der Waals surface area contributed by atoms with Gasteiger partial charge in [-0.1, -0.05) is 31.0 Å². The molecule has 6 heteroatoms. The van der Waals surface area contributed by atoms with Crippen molar-refractivity contribution < 1.29 is 14.7 Å². The molecule has 4 nitrogen and oxygen atoms in total. The van der Waals surface area contributed by atoms with E-state index in [1.165, 1.54) is 0 Å². The van der Waals surface area contributed by atoms with Gasteiger partial charge in [-0.3, -0.25) is 9.59 Å². The van der Waals surface area contributed by atoms with Crippen molar-refractivity contribution in [2.24, 2.45) is 5.92 Å². The number of nitrogens with one attached hydrogen (secondary N) is 1. The number of benzene rings is 1. The maximum Gasteiger partial charge on any atom is 0.303 e. The topological polar surface area (TPSA) is 66.4 Å². The number of carboxylic acid groups (broad SMARTS) is 1. The van der Waals surface area contributed by atoms with Crippen LogP contribution in [0.4, 0.5) is 0 Å². The molecule has 1 unspecified atom stereocenters. The third-order valence-electron chi connectivity index (χ3n) is 3.38. The van der Waals surface area contributed by atoms with Gasteiger partial charge in [-0.2, -0.15) is 0 Å². The van der Waals surface area contributed by atoms with Gasteiger partial charge in [0, 0.05) is 17.4 Å². The first-order valence-electron chi connectivity index (χ1n) is 6.89. The van der Waals surface area contributed by atoms with Crippen LogP contribution >= 0.6 is 27.5 Å². The Morgan fingerprint density at radius 2 is 2.10 bits per heavy atom. The van der Waals surface area contributed by atoms with Crippen molar-refractivity contribution >= 4 is 39.4 Å². The molecule has 0 aliphatic heterocycles. The molecule has 0 aliphatic carbocycles. The summed E-state index contributed by atoms with van der Waals surface area (Å²) >= 11 is 9.35. The lowest BCUT2D eigenvalue weighted by atomic mass is 9.96. The first-order valence-corrected chi connectivity index (χ1v) is 8.06. The number of halogens is 2. The summed E-state index contributed by atoms with van der Waals surface area (Å²) in [5.74, 6) is -0.688. The number of carbonyl (C=O) groups is 2. The fourth-order valence-electron chi connectivity index (χ4n) is 2.04. The Balaban J connectivity index is 2.45. The zero-order valence-electron chi connectivity index (χ0n) is 11.9. The molecule has 1 aromatic rings. The van der Waals surface area contributed by atoms with Gasteiger partial charge in [0.1, 0.15) is 0 Å². The first kappa shape index (κ1) is 18.0. The molecule has 0 radical (unpaired) electrons. The van der Waals surface area contributed by atoms with Crippen molar-refractivity contribution in [2.45, 2.75) is 32.6 Å². The second-order valence-electron chi connectivity index (χ2n) is 4.85. The van der Waals surface area contributed by atoms with Crippen molar-refractivity contribution in [1.29, 1.82) is 0 Å². The van der Waals surface area contributed by atoms with Gasteiger partial charge < -0.3 is 10.4 Å². The standard InChI is InChI=1S/C15H19BrClNO3/c1-2-10(6-7-13(19)20)8-9-18-15(21)11-4-3-5-12(16)14(11)17/h3-5,10H,2,6-9H2,1H3,(H,18,21)(H,19,20). The van der Waals surface area contributed by atoms with Gasteiger partial charge in [0.05, 0.1) is 10.6 Å². The number of hydrogen-bond acceptors (Lipinski definition) is 2. The molecular formula is C15H19BrClNO3. The van der Waals surface area contributed by atoms with Crippen LogP contribution in [-0.4, -0.2) is 23.5 Å². The minimum absolute atomic E-state index is 0.171. The van der Waals surface area contributed by atoms with E-state index in [1.54, 1.807) is 18.2 Å². The highest BCUT2D eigenvalue weighted by Crippen LogP contribution is 2.25. The van der Waals surface area contributed by atoms with Crippen molar-refractivity contribution in [1.82, 2.24) is 5.32 Å². The first-order chi connectivity index (χ1) is 9.95. The molecule has 21 heavy (non-hydrogen) atoms. The van der Waals surface area contributed by atoms with E-state index in [4.69, 9.17) is 16.7 Å². The van der Waals surface area contributed by atoms with Gasteiger partial charge >= 0.3 is 5.97 Å². The SMILES string of the molecule is CCC(CCNC(=O)c1cccc(Br)c1Cl)CCC(=O)O. The number of rotatable bonds is 8. The van der Waals surface area contributed by atoms with Crippen LogP contribution < -0.4 is 5.32 Å². The fraction of sp³-hybridized carbons (Fsp3) is 0.467. The van der Waals surface area contributed by atoms with E-state index in [1.807, 2.05) is 6.92 Å². The van der Waals surface area contributed by atoms with Crippen LogP contribution in [0.5, 0.6) is 0 Å². The molecule has 0 fully saturated rings. The van der Waals surface area contributed by atoms with Crippen LogP contribution in [0, 0.1) is 5.92 Å². The lowest BCUT2D eigenvalue weighted by molar-refractivity contribution is -0.137. The molecule has 1 atom stereocenters. The highest BCUT2D eigenvalue weighted by atomic mass is 79.9. The van der Waals surface area contributed by atoms with Crippen LogP contribution in [0.1, 0.15) is 43.0 Å². The zero-order chi connectivity index (χ0) is 15.8. The molecule has 116 valence electrons. The Kier molecular flexibility index (Phi) is 7.75. The van der Waals surface area contributed by atoms with Crippen LogP contribution in [-0.2, 0) is 4.79 Å². The average molecular weight is 377 g/mol. The quantitative estimate of drug-likeness (QED) is 0.717. The molecule has 0 bridgehead atoms. The summed E-state index contributed by atoms with van der Waals surface area (Å²) in [4.78, 5) is 22.6. The van der Waals surface area contributed by atoms with Gasteiger partial charge in [-0.15, -0.1) is 0 Å². The largest absolute Gasteiger partial charge is 0.481 e. The molecule has 0 aliphatic rings. The Bertz CT molecular complexity index is 508. The van der Waals surface area contributed by atoms with E-state index in [2.05, 4.69) is 21.2 Å². The summed E-state index contributed by atoms with van der Waals surface area (Å²) in [6.45, 7) is 2.54. The minimum atomic E-state index is -0.779. The second-order valence-corrected chi connectivity index (χ2v) is 6.08. The molecule has 0 saturated carbocycles. The molecule has 1 amide bonds. The lowest BCUT2D eigenvalue weighted by Crippen LogP contribution is -2.26. The summed E-state index contributed by atoms with van der Waals surface area (Å²) < 4.78 is 0.685. The van der Waals surface area contributed by atoms with Crippen LogP contribution in [0.3, 0.4) is 0 Å². The molecule has 0 saturated heterocycles. The molecular weight excluding hydrogens is 358 g/mol. The Morgan fingerprint density at radius 3 is 2.71 bits per heavy atom. The molecule has 1 aromatic carbocycles. The maximum absolute atomic E-state index is 12.0. The summed E-state index contributed by atoms with van der Waals surface area (Å²) in [5.41, 5.74) is 0.435. The van der Waals surface area contributed by atoms with Crippen LogP contribution in [0.25, 0.3) is 0 Å². The zero-order valence-corrected chi connectivity index (χ0v) is 14.2. The lowest BCUT2D eigenvalue weighted by Gasteiger charge is -2.14. The van der Waals surface area contributed by atoms with Gasteiger partial charge in [0.15, 0.2) is 0 Å². The third kappa shape index (κ3) is 6.06. The minimum Gasteiger partial charge on any atom is -0.481 e. The molecule has 2 N–H and O–H groups in total. The number of carboxylic acids is 1. The highest BCUT2D eigenvalue weighted by Gasteiger charge is 2.13. The summed E-state index contributed by atoms with van der Waals surface area (Å²) in [6, 6.07) is 5.20. The van der Waals surface area contributed by atoms with E-state index < -0.39 is 5.97 Å². The number of carbonyl (C=O) groups excluding carboxylic acids is 1. The fourth-order valence-corrected chi connectivity index (χ4v) is 2.62. The normalized spacial score (nSPS) is 12.0. The molecule has 0 spiro atoms. The third-order valence-corrected chi connectivity index (χ3v) is 4.67. The van der Waals surface area contributed by atoms with E-state index in [0.717, 1.165) is 12.8 Å². The van der Waals surface area contributed by atoms with E-state index in [-0.39, 0.29) is 12.3 Å². The second kappa shape index (κ2) is 9.05. The van der Waals surface area contributed by atoms with Crippen LogP contribution in [0.2, 0.25) is 5.02 Å². The molecule has 0 aromatic heterocycles. The van der Waals surface area contributed by atoms with Crippen molar-refractivity contribution in [3.8, 4) is 0 Å². The smallest absolute Gasteiger partial charge is 0.303 e. The number of aliphatic carboxylic acids is 1. The monoisotopic (exact) mass is 375 g/mol. The van der Waals surface area contributed by atoms with Gasteiger partial charge in [0.2, 0.25) is 0 Å². The van der Waals surface area contributed by atoms with E-state index in [9.17, 15) is 9.59 Å². The van der Waals surface area contributed by atoms with Crippen molar-refractivity contribution in [2.75, 3.05) is 6.54 Å². The van der Waals surface area contributed by atoms with Crippen molar-refractivity contribution in [3.63, 3.8) is 0 Å². The van der Waals surface area contributed by atoms with Gasteiger partial charge in [0.25, 0.3) is 5.91 Å². The van der Waals surface area contributed by atoms with Crippen molar-refractivity contribution in [3.05, 3.63) is 33.3 Å². The Hall–Kier alpha value is -1.07. The van der Waals surface area contributed by atoms with Gasteiger partial charge in [-0.25, -0.2) is 0 Å². The highest BCUT2D eigenvalue weighted by molar-refractivity contribution is 9.10. The Morgan fingerprint density at radius 1 is 1.38 bits per heavy atom. The molecule has 1 rings (SSSR count). The summed E-state index contributed by atoms with van der Waals surface area (Å²) in [7, 11) is 0. The summed E-state index contributed by atoms with van der Waals surface area (Å²) in [6.07, 6.45) is 2.48. The maximum atomic E-state index is 12.0. The van der Waals surface area contributed by atoms with Gasteiger partial charge in [-0.05, 0) is 46.8 Å². The summed E-state index contributed by atoms with van der Waals surface area (Å²) in [5, 5.41) is 11.9. The van der Waals surface area contributed by atoms with Crippen LogP contribution in [0.15, 0.2) is 22.7 Å². The molecule has 0 heterocycles. The predicted octanol–water partition coefficient (Wildman–Crippen LogP) is 4.11. The number of amides is 1. The predicted molar refractivity (Wildman–Crippen MR) is 86.8 cm³/mol. The van der Waals surface area contributed by atoms with E-state index >= 15 is 0 Å². The Labute approximate surface area is 138 Å². The average Bonchev–Trinajstić information content (AvgIpc) is 2.45.